The fraction of sp³-hybridized carbons (Fsp3) is 0.963. The number of ether oxygens (including phenoxy) is 6. The lowest BCUT2D eigenvalue weighted by Crippen LogP contribution is -2.24. The highest BCUT2D eigenvalue weighted by Gasteiger charge is 1.95. The Bertz CT molecular complexity index is 403. The molecule has 0 aliphatic heterocycles. The van der Waals surface area contributed by atoms with Crippen LogP contribution in [0, 0.1) is 0 Å². The van der Waals surface area contributed by atoms with Crippen molar-refractivity contribution in [2.24, 2.45) is 0 Å². The highest BCUT2D eigenvalue weighted by molar-refractivity contribution is 5.72. The number of amides is 1. The van der Waals surface area contributed by atoms with Gasteiger partial charge in [0.1, 0.15) is 0 Å². The van der Waals surface area contributed by atoms with Gasteiger partial charge in [-0.2, -0.15) is 0 Å². The molecule has 0 rings (SSSR count). The summed E-state index contributed by atoms with van der Waals surface area (Å²) in [4.78, 5) is 10.6. The minimum Gasteiger partial charge on any atom is -0.396 e. The lowest BCUT2D eigenvalue weighted by Gasteiger charge is -2.06. The van der Waals surface area contributed by atoms with E-state index in [1.165, 1.54) is 32.6 Å². The molecule has 0 fully saturated rings. The summed E-state index contributed by atoms with van der Waals surface area (Å²) < 4.78 is 31.7. The van der Waals surface area contributed by atoms with Crippen LogP contribution in [0.25, 0.3) is 0 Å². The van der Waals surface area contributed by atoms with E-state index in [-0.39, 0.29) is 19.1 Å². The van der Waals surface area contributed by atoms with Crippen molar-refractivity contribution in [3.63, 3.8) is 0 Å². The van der Waals surface area contributed by atoms with Crippen molar-refractivity contribution in [1.29, 1.82) is 0 Å². The fourth-order valence-corrected chi connectivity index (χ4v) is 2.98. The number of carbonyl (C=O) groups excluding carboxylic acids is 1. The standard InChI is InChI=1S/C16H33NO4.C11H24O5/c1-3-19-14-15-21-12-9-7-5-4-6-8-11-20-13-10-17-16(2)18;12-4-2-1-3-6-14-8-10-16-11-9-15-7-5-13/h3-15H2,1-2H3,(H,17,18);12-13H,1-11H2. The molecule has 0 unspecified atom stereocenters. The first-order valence-electron chi connectivity index (χ1n) is 14.1. The lowest BCUT2D eigenvalue weighted by molar-refractivity contribution is -0.119. The molecule has 1 amide bonds. The largest absolute Gasteiger partial charge is 0.396 e. The van der Waals surface area contributed by atoms with Crippen LogP contribution in [0.15, 0.2) is 0 Å². The van der Waals surface area contributed by atoms with Crippen molar-refractivity contribution >= 4 is 5.91 Å². The van der Waals surface area contributed by atoms with Gasteiger partial charge in [0.15, 0.2) is 0 Å². The summed E-state index contributed by atoms with van der Waals surface area (Å²) in [5.74, 6) is 0.000434. The summed E-state index contributed by atoms with van der Waals surface area (Å²) in [6.07, 6.45) is 10.1. The number of carbonyl (C=O) groups is 1. The highest BCUT2D eigenvalue weighted by atomic mass is 16.5. The summed E-state index contributed by atoms with van der Waals surface area (Å²) >= 11 is 0. The van der Waals surface area contributed by atoms with E-state index in [0.29, 0.717) is 59.4 Å². The van der Waals surface area contributed by atoms with E-state index in [9.17, 15) is 4.79 Å². The molecule has 0 bridgehead atoms. The lowest BCUT2D eigenvalue weighted by atomic mass is 10.1. The summed E-state index contributed by atoms with van der Waals surface area (Å²) in [5.41, 5.74) is 0. The molecule has 0 heterocycles. The second-order valence-corrected chi connectivity index (χ2v) is 8.37. The van der Waals surface area contributed by atoms with Gasteiger partial charge in [0.2, 0.25) is 5.91 Å². The van der Waals surface area contributed by atoms with Gasteiger partial charge in [0, 0.05) is 46.5 Å². The summed E-state index contributed by atoms with van der Waals surface area (Å²) in [6.45, 7) is 12.2. The van der Waals surface area contributed by atoms with Crippen LogP contribution in [0.3, 0.4) is 0 Å². The Balaban J connectivity index is 0. The molecule has 0 saturated carbocycles. The van der Waals surface area contributed by atoms with Gasteiger partial charge in [-0.15, -0.1) is 0 Å². The first-order chi connectivity index (χ1) is 18.2. The van der Waals surface area contributed by atoms with Crippen molar-refractivity contribution in [3.05, 3.63) is 0 Å². The monoisotopic (exact) mass is 539 g/mol. The molecule has 0 aliphatic carbocycles. The SMILES string of the molecule is CCOCCOCCCCCCCCOCCNC(C)=O.OCCCCCOCCOCCOCCO. The van der Waals surface area contributed by atoms with Crippen LogP contribution in [0.5, 0.6) is 0 Å². The molecule has 0 aromatic heterocycles. The van der Waals surface area contributed by atoms with Crippen LogP contribution in [0.2, 0.25) is 0 Å². The number of rotatable bonds is 29. The van der Waals surface area contributed by atoms with Crippen molar-refractivity contribution in [1.82, 2.24) is 5.32 Å². The molecule has 0 saturated heterocycles. The van der Waals surface area contributed by atoms with Gasteiger partial charge < -0.3 is 44.0 Å². The molecule has 10 heteroatoms. The molecule has 0 spiro atoms. The van der Waals surface area contributed by atoms with E-state index >= 15 is 0 Å². The van der Waals surface area contributed by atoms with Crippen molar-refractivity contribution < 1.29 is 43.4 Å². The molecule has 224 valence electrons. The Labute approximate surface area is 225 Å². The quantitative estimate of drug-likeness (QED) is 0.123. The van der Waals surface area contributed by atoms with Crippen molar-refractivity contribution in [2.75, 3.05) is 99.0 Å². The minimum absolute atomic E-state index is 0.000434. The number of nitrogens with one attached hydrogen (secondary N) is 1. The molecule has 0 aliphatic rings. The van der Waals surface area contributed by atoms with Crippen LogP contribution >= 0.6 is 0 Å². The second kappa shape index (κ2) is 37.3. The molecule has 0 atom stereocenters. The van der Waals surface area contributed by atoms with E-state index in [4.69, 9.17) is 38.6 Å². The Hall–Kier alpha value is -0.850. The maximum absolute atomic E-state index is 10.6. The number of hydrogen-bond donors (Lipinski definition) is 3. The van der Waals surface area contributed by atoms with Crippen molar-refractivity contribution in [2.45, 2.75) is 71.6 Å². The fourth-order valence-electron chi connectivity index (χ4n) is 2.98. The zero-order valence-electron chi connectivity index (χ0n) is 23.7. The number of aliphatic hydroxyl groups excluding tert-OH is 2. The first-order valence-corrected chi connectivity index (χ1v) is 14.1. The maximum atomic E-state index is 10.6. The Morgan fingerprint density at radius 3 is 1.38 bits per heavy atom. The molecule has 10 nitrogen and oxygen atoms in total. The smallest absolute Gasteiger partial charge is 0.216 e. The van der Waals surface area contributed by atoms with Crippen LogP contribution in [-0.2, 0) is 33.2 Å². The van der Waals surface area contributed by atoms with Gasteiger partial charge in [-0.1, -0.05) is 25.7 Å². The summed E-state index contributed by atoms with van der Waals surface area (Å²) in [6, 6.07) is 0. The Kier molecular flexibility index (Phi) is 38.6. The third kappa shape index (κ3) is 42.5. The van der Waals surface area contributed by atoms with Gasteiger partial charge in [-0.25, -0.2) is 0 Å². The van der Waals surface area contributed by atoms with Crippen LogP contribution in [0.4, 0.5) is 0 Å². The summed E-state index contributed by atoms with van der Waals surface area (Å²) in [7, 11) is 0. The summed E-state index contributed by atoms with van der Waals surface area (Å²) in [5, 5.41) is 19.7. The maximum Gasteiger partial charge on any atom is 0.216 e. The molecular weight excluding hydrogens is 482 g/mol. The normalized spacial score (nSPS) is 10.8. The number of hydrogen-bond acceptors (Lipinski definition) is 9. The number of aliphatic hydroxyl groups is 2. The van der Waals surface area contributed by atoms with Crippen LogP contribution < -0.4 is 5.32 Å². The third-order valence-electron chi connectivity index (χ3n) is 4.95. The Morgan fingerprint density at radius 1 is 0.514 bits per heavy atom. The zero-order chi connectivity index (χ0) is 27.5. The molecule has 3 N–H and O–H groups in total. The van der Waals surface area contributed by atoms with Gasteiger partial charge in [0.05, 0.1) is 59.5 Å². The van der Waals surface area contributed by atoms with Crippen molar-refractivity contribution in [3.8, 4) is 0 Å². The number of unbranched alkanes of at least 4 members (excludes halogenated alkanes) is 7. The van der Waals surface area contributed by atoms with E-state index in [0.717, 1.165) is 58.5 Å². The van der Waals surface area contributed by atoms with E-state index in [1.807, 2.05) is 6.92 Å². The van der Waals surface area contributed by atoms with Gasteiger partial charge in [0.25, 0.3) is 0 Å². The van der Waals surface area contributed by atoms with Gasteiger partial charge >= 0.3 is 0 Å². The average molecular weight is 540 g/mol. The van der Waals surface area contributed by atoms with Gasteiger partial charge in [-0.05, 0) is 39.0 Å². The first kappa shape index (κ1) is 38.3. The van der Waals surface area contributed by atoms with E-state index in [2.05, 4.69) is 5.32 Å². The predicted molar refractivity (Wildman–Crippen MR) is 145 cm³/mol. The molecule has 0 aromatic carbocycles. The zero-order valence-corrected chi connectivity index (χ0v) is 23.7. The van der Waals surface area contributed by atoms with Gasteiger partial charge in [-0.3, -0.25) is 4.79 Å². The predicted octanol–water partition coefficient (Wildman–Crippen LogP) is 2.72. The molecule has 0 radical (unpaired) electrons. The second-order valence-electron chi connectivity index (χ2n) is 8.37. The Morgan fingerprint density at radius 2 is 0.919 bits per heavy atom. The van der Waals surface area contributed by atoms with E-state index < -0.39 is 0 Å². The molecule has 0 aromatic rings. The van der Waals surface area contributed by atoms with E-state index in [1.54, 1.807) is 0 Å². The third-order valence-corrected chi connectivity index (χ3v) is 4.95. The van der Waals surface area contributed by atoms with Crippen LogP contribution in [0.1, 0.15) is 71.6 Å². The minimum atomic E-state index is 0.000434. The van der Waals surface area contributed by atoms with Crippen LogP contribution in [-0.4, -0.2) is 115 Å². The molecule has 37 heavy (non-hydrogen) atoms. The topological polar surface area (TPSA) is 125 Å². The highest BCUT2D eigenvalue weighted by Crippen LogP contribution is 2.05. The molecular formula is C27H57NO9. The average Bonchev–Trinajstić information content (AvgIpc) is 2.89.